The summed E-state index contributed by atoms with van der Waals surface area (Å²) in [5.74, 6) is 1.61. The average molecular weight is 266 g/mol. The molecule has 0 aromatic rings. The zero-order valence-electron chi connectivity index (χ0n) is 13.0. The molecule has 1 saturated carbocycles. The summed E-state index contributed by atoms with van der Waals surface area (Å²) in [6, 6.07) is 0. The molecule has 1 amide bonds. The number of hydrogen-bond donors (Lipinski definition) is 1. The second-order valence-corrected chi connectivity index (χ2v) is 7.05. The first-order valence-electron chi connectivity index (χ1n) is 8.07. The Hall–Kier alpha value is -0.570. The summed E-state index contributed by atoms with van der Waals surface area (Å²) in [5.41, 5.74) is -0.201. The maximum Gasteiger partial charge on any atom is 0.244 e. The van der Waals surface area contributed by atoms with E-state index in [2.05, 4.69) is 37.9 Å². The molecular formula is C16H30N2O. The molecule has 2 rings (SSSR count). The summed E-state index contributed by atoms with van der Waals surface area (Å²) < 4.78 is 0. The topological polar surface area (TPSA) is 32.3 Å². The Balaban J connectivity index is 2.13. The minimum Gasteiger partial charge on any atom is -0.325 e. The summed E-state index contributed by atoms with van der Waals surface area (Å²) >= 11 is 0. The molecule has 0 aromatic carbocycles. The van der Waals surface area contributed by atoms with E-state index >= 15 is 0 Å². The van der Waals surface area contributed by atoms with E-state index in [1.165, 1.54) is 12.8 Å². The number of carbonyl (C=O) groups excluding carboxylic acids is 1. The number of amides is 1. The molecule has 2 aliphatic rings. The van der Waals surface area contributed by atoms with Crippen molar-refractivity contribution >= 4 is 5.91 Å². The normalized spacial score (nSPS) is 27.7. The SMILES string of the molecule is CCC(C)CN1C(=O)C2(CCCC2)NC1CC(C)C. The van der Waals surface area contributed by atoms with Crippen LogP contribution in [0.15, 0.2) is 0 Å². The van der Waals surface area contributed by atoms with Crippen molar-refractivity contribution in [2.45, 2.75) is 77.9 Å². The van der Waals surface area contributed by atoms with Crippen molar-refractivity contribution in [1.82, 2.24) is 10.2 Å². The molecule has 2 fully saturated rings. The van der Waals surface area contributed by atoms with Crippen molar-refractivity contribution in [2.75, 3.05) is 6.54 Å². The van der Waals surface area contributed by atoms with Gasteiger partial charge in [0.25, 0.3) is 0 Å². The van der Waals surface area contributed by atoms with Crippen molar-refractivity contribution in [3.63, 3.8) is 0 Å². The Morgan fingerprint density at radius 3 is 2.47 bits per heavy atom. The van der Waals surface area contributed by atoms with E-state index in [1.54, 1.807) is 0 Å². The fourth-order valence-corrected chi connectivity index (χ4v) is 3.52. The maximum atomic E-state index is 12.8. The third-order valence-electron chi connectivity index (χ3n) is 4.85. The van der Waals surface area contributed by atoms with Gasteiger partial charge in [0, 0.05) is 6.54 Å². The van der Waals surface area contributed by atoms with Gasteiger partial charge < -0.3 is 4.90 Å². The second kappa shape index (κ2) is 5.82. The van der Waals surface area contributed by atoms with E-state index in [9.17, 15) is 4.79 Å². The third-order valence-corrected chi connectivity index (χ3v) is 4.85. The zero-order chi connectivity index (χ0) is 14.0. The lowest BCUT2D eigenvalue weighted by Gasteiger charge is -2.27. The van der Waals surface area contributed by atoms with Crippen molar-refractivity contribution in [3.8, 4) is 0 Å². The fourth-order valence-electron chi connectivity index (χ4n) is 3.52. The van der Waals surface area contributed by atoms with Crippen molar-refractivity contribution in [3.05, 3.63) is 0 Å². The third kappa shape index (κ3) is 2.96. The molecule has 1 heterocycles. The Morgan fingerprint density at radius 2 is 1.95 bits per heavy atom. The van der Waals surface area contributed by atoms with Crippen LogP contribution in [0, 0.1) is 11.8 Å². The quantitative estimate of drug-likeness (QED) is 0.829. The molecular weight excluding hydrogens is 236 g/mol. The van der Waals surface area contributed by atoms with Crippen LogP contribution in [0.5, 0.6) is 0 Å². The average Bonchev–Trinajstić information content (AvgIpc) is 2.91. The lowest BCUT2D eigenvalue weighted by molar-refractivity contribution is -0.133. The number of carbonyl (C=O) groups is 1. The molecule has 110 valence electrons. The molecule has 2 unspecified atom stereocenters. The summed E-state index contributed by atoms with van der Waals surface area (Å²) in [5, 5.41) is 3.70. The summed E-state index contributed by atoms with van der Waals surface area (Å²) in [6.45, 7) is 9.86. The molecule has 19 heavy (non-hydrogen) atoms. The van der Waals surface area contributed by atoms with Gasteiger partial charge in [-0.25, -0.2) is 0 Å². The van der Waals surface area contributed by atoms with Crippen molar-refractivity contribution in [2.24, 2.45) is 11.8 Å². The first-order valence-corrected chi connectivity index (χ1v) is 8.07. The number of nitrogens with zero attached hydrogens (tertiary/aromatic N) is 1. The summed E-state index contributed by atoms with van der Waals surface area (Å²) in [4.78, 5) is 15.0. The van der Waals surface area contributed by atoms with Crippen LogP contribution in [0.4, 0.5) is 0 Å². The van der Waals surface area contributed by atoms with Gasteiger partial charge in [-0.05, 0) is 31.1 Å². The molecule has 0 radical (unpaired) electrons. The van der Waals surface area contributed by atoms with Gasteiger partial charge in [-0.2, -0.15) is 0 Å². The van der Waals surface area contributed by atoms with Gasteiger partial charge in [-0.3, -0.25) is 10.1 Å². The Labute approximate surface area is 118 Å². The molecule has 1 aliphatic carbocycles. The largest absolute Gasteiger partial charge is 0.325 e. The van der Waals surface area contributed by atoms with Crippen LogP contribution in [0.2, 0.25) is 0 Å². The minimum absolute atomic E-state index is 0.201. The molecule has 1 saturated heterocycles. The van der Waals surface area contributed by atoms with Crippen molar-refractivity contribution in [1.29, 1.82) is 0 Å². The van der Waals surface area contributed by atoms with Crippen LogP contribution in [0.3, 0.4) is 0 Å². The van der Waals surface area contributed by atoms with Crippen LogP contribution in [-0.2, 0) is 4.79 Å². The predicted octanol–water partition coefficient (Wildman–Crippen LogP) is 3.15. The zero-order valence-corrected chi connectivity index (χ0v) is 13.0. The first-order chi connectivity index (χ1) is 8.98. The van der Waals surface area contributed by atoms with Gasteiger partial charge in [0.1, 0.15) is 0 Å². The van der Waals surface area contributed by atoms with Gasteiger partial charge in [-0.15, -0.1) is 0 Å². The van der Waals surface area contributed by atoms with Crippen LogP contribution >= 0.6 is 0 Å². The maximum absolute atomic E-state index is 12.8. The highest BCUT2D eigenvalue weighted by atomic mass is 16.2. The standard InChI is InChI=1S/C16H30N2O/c1-5-13(4)11-18-14(10-12(2)3)17-16(15(18)19)8-6-7-9-16/h12-14,17H,5-11H2,1-4H3. The minimum atomic E-state index is -0.201. The second-order valence-electron chi connectivity index (χ2n) is 7.05. The van der Waals surface area contributed by atoms with E-state index in [0.717, 1.165) is 32.2 Å². The van der Waals surface area contributed by atoms with Crippen LogP contribution in [-0.4, -0.2) is 29.1 Å². The number of rotatable bonds is 5. The molecule has 1 N–H and O–H groups in total. The van der Waals surface area contributed by atoms with Gasteiger partial charge in [0.05, 0.1) is 11.7 Å². The van der Waals surface area contributed by atoms with Crippen molar-refractivity contribution < 1.29 is 4.79 Å². The summed E-state index contributed by atoms with van der Waals surface area (Å²) in [6.07, 6.45) is 6.96. The van der Waals surface area contributed by atoms with Crippen LogP contribution in [0.1, 0.15) is 66.2 Å². The van der Waals surface area contributed by atoms with E-state index < -0.39 is 0 Å². The molecule has 1 aliphatic heterocycles. The van der Waals surface area contributed by atoms with E-state index in [1.807, 2.05) is 0 Å². The number of nitrogens with one attached hydrogen (secondary N) is 1. The highest BCUT2D eigenvalue weighted by molar-refractivity contribution is 5.89. The Morgan fingerprint density at radius 1 is 1.32 bits per heavy atom. The lowest BCUT2D eigenvalue weighted by Crippen LogP contribution is -2.44. The molecule has 2 atom stereocenters. The van der Waals surface area contributed by atoms with E-state index in [0.29, 0.717) is 17.7 Å². The monoisotopic (exact) mass is 266 g/mol. The molecule has 3 nitrogen and oxygen atoms in total. The number of hydrogen-bond acceptors (Lipinski definition) is 2. The Bertz CT molecular complexity index is 321. The molecule has 3 heteroatoms. The molecule has 1 spiro atoms. The predicted molar refractivity (Wildman–Crippen MR) is 78.7 cm³/mol. The highest BCUT2D eigenvalue weighted by Crippen LogP contribution is 2.37. The smallest absolute Gasteiger partial charge is 0.244 e. The Kier molecular flexibility index (Phi) is 4.54. The molecule has 0 aromatic heterocycles. The highest BCUT2D eigenvalue weighted by Gasteiger charge is 2.52. The van der Waals surface area contributed by atoms with Gasteiger partial charge in [-0.1, -0.05) is 47.0 Å². The lowest BCUT2D eigenvalue weighted by atomic mass is 9.97. The summed E-state index contributed by atoms with van der Waals surface area (Å²) in [7, 11) is 0. The van der Waals surface area contributed by atoms with E-state index in [4.69, 9.17) is 0 Å². The first kappa shape index (κ1) is 14.8. The van der Waals surface area contributed by atoms with Crippen LogP contribution < -0.4 is 5.32 Å². The van der Waals surface area contributed by atoms with E-state index in [-0.39, 0.29) is 11.7 Å². The fraction of sp³-hybridized carbons (Fsp3) is 0.938. The molecule has 0 bridgehead atoms. The van der Waals surface area contributed by atoms with Gasteiger partial charge in [0.15, 0.2) is 0 Å². The van der Waals surface area contributed by atoms with Crippen LogP contribution in [0.25, 0.3) is 0 Å². The van der Waals surface area contributed by atoms with Gasteiger partial charge >= 0.3 is 0 Å². The van der Waals surface area contributed by atoms with Gasteiger partial charge in [0.2, 0.25) is 5.91 Å².